The molecule has 5 rings (SSSR count). The highest BCUT2D eigenvalue weighted by atomic mass is 79.9. The highest BCUT2D eigenvalue weighted by Crippen LogP contribution is 2.25. The van der Waals surface area contributed by atoms with Crippen LogP contribution >= 0.6 is 15.9 Å². The van der Waals surface area contributed by atoms with Gasteiger partial charge in [0, 0.05) is 24.6 Å². The first-order chi connectivity index (χ1) is 14.1. The Morgan fingerprint density at radius 1 is 1.14 bits per heavy atom. The van der Waals surface area contributed by atoms with Crippen LogP contribution in [-0.4, -0.2) is 43.8 Å². The van der Waals surface area contributed by atoms with Gasteiger partial charge in [-0.15, -0.1) is 10.2 Å². The first-order valence-electron chi connectivity index (χ1n) is 9.53. The highest BCUT2D eigenvalue weighted by Gasteiger charge is 2.24. The second kappa shape index (κ2) is 7.37. The Labute approximate surface area is 175 Å². The molecule has 2 aromatic heterocycles. The zero-order valence-electron chi connectivity index (χ0n) is 16.0. The van der Waals surface area contributed by atoms with Crippen LogP contribution in [0.5, 0.6) is 0 Å². The molecule has 0 N–H and O–H groups in total. The fourth-order valence-electron chi connectivity index (χ4n) is 3.92. The number of rotatable bonds is 3. The Bertz CT molecular complexity index is 1250. The van der Waals surface area contributed by atoms with Gasteiger partial charge >= 0.3 is 0 Å². The van der Waals surface area contributed by atoms with Crippen molar-refractivity contribution in [2.24, 2.45) is 7.05 Å². The molecular weight excluding hydrogens is 434 g/mol. The molecule has 4 aromatic rings. The summed E-state index contributed by atoms with van der Waals surface area (Å²) >= 11 is 3.48. The van der Waals surface area contributed by atoms with Crippen molar-refractivity contribution in [3.63, 3.8) is 0 Å². The molecule has 7 nitrogen and oxygen atoms in total. The first-order valence-corrected chi connectivity index (χ1v) is 10.3. The Balaban J connectivity index is 1.49. The van der Waals surface area contributed by atoms with Crippen molar-refractivity contribution >= 4 is 32.6 Å². The Hall–Kier alpha value is -2.55. The van der Waals surface area contributed by atoms with Gasteiger partial charge in [0.05, 0.1) is 30.2 Å². The fourth-order valence-corrected chi connectivity index (χ4v) is 4.18. The van der Waals surface area contributed by atoms with E-state index >= 15 is 0 Å². The van der Waals surface area contributed by atoms with Crippen molar-refractivity contribution in [2.75, 3.05) is 19.7 Å². The van der Waals surface area contributed by atoms with Gasteiger partial charge in [0.15, 0.2) is 5.82 Å². The third-order valence-corrected chi connectivity index (χ3v) is 5.98. The van der Waals surface area contributed by atoms with E-state index in [4.69, 9.17) is 4.74 Å². The molecule has 148 valence electrons. The minimum Gasteiger partial charge on any atom is -0.371 e. The van der Waals surface area contributed by atoms with Gasteiger partial charge in [0.25, 0.3) is 5.56 Å². The van der Waals surface area contributed by atoms with Gasteiger partial charge in [-0.2, -0.15) is 0 Å². The Morgan fingerprint density at radius 3 is 2.76 bits per heavy atom. The third-order valence-electron chi connectivity index (χ3n) is 5.45. The Kier molecular flexibility index (Phi) is 4.69. The average Bonchev–Trinajstić information content (AvgIpc) is 3.16. The number of ether oxygens (including phenoxy) is 1. The second-order valence-electron chi connectivity index (χ2n) is 7.28. The minimum atomic E-state index is -0.0614. The van der Waals surface area contributed by atoms with Crippen molar-refractivity contribution in [3.05, 3.63) is 74.7 Å². The lowest BCUT2D eigenvalue weighted by atomic mass is 10.1. The maximum absolute atomic E-state index is 12.6. The monoisotopic (exact) mass is 453 g/mol. The molecule has 8 heteroatoms. The molecule has 0 aliphatic carbocycles. The van der Waals surface area contributed by atoms with Gasteiger partial charge in [0.1, 0.15) is 0 Å². The topological polar surface area (TPSA) is 64.7 Å². The molecular formula is C21H20BrN5O2. The standard InChI is InChI=1S/C21H20BrN5O2/c1-25-20(28)16-4-2-3-5-17(16)27-19(23-24-21(25)27)13-26-10-11-29-18(12-26)14-6-8-15(22)9-7-14/h2-9,18H,10-13H2,1H3. The van der Waals surface area contributed by atoms with Crippen molar-refractivity contribution < 1.29 is 4.74 Å². The summed E-state index contributed by atoms with van der Waals surface area (Å²) in [7, 11) is 1.74. The van der Waals surface area contributed by atoms with Crippen LogP contribution in [0.25, 0.3) is 16.7 Å². The number of nitrogens with zero attached hydrogens (tertiary/aromatic N) is 5. The van der Waals surface area contributed by atoms with Gasteiger partial charge in [0.2, 0.25) is 5.78 Å². The van der Waals surface area contributed by atoms with Crippen LogP contribution in [0.3, 0.4) is 0 Å². The summed E-state index contributed by atoms with van der Waals surface area (Å²) in [5.74, 6) is 1.38. The molecule has 0 bridgehead atoms. The summed E-state index contributed by atoms with van der Waals surface area (Å²) in [5, 5.41) is 9.37. The molecule has 0 spiro atoms. The van der Waals surface area contributed by atoms with E-state index in [1.807, 2.05) is 40.8 Å². The summed E-state index contributed by atoms with van der Waals surface area (Å²) in [6.07, 6.45) is 0.0251. The molecule has 1 aliphatic rings. The number of aromatic nitrogens is 4. The van der Waals surface area contributed by atoms with E-state index in [0.717, 1.165) is 34.5 Å². The van der Waals surface area contributed by atoms with Crippen LogP contribution in [0.1, 0.15) is 17.5 Å². The quantitative estimate of drug-likeness (QED) is 0.477. The predicted molar refractivity (Wildman–Crippen MR) is 114 cm³/mol. The van der Waals surface area contributed by atoms with Crippen LogP contribution in [0.4, 0.5) is 0 Å². The van der Waals surface area contributed by atoms with Gasteiger partial charge in [-0.05, 0) is 29.8 Å². The average molecular weight is 454 g/mol. The number of fused-ring (bicyclic) bond motifs is 3. The number of hydrogen-bond donors (Lipinski definition) is 0. The van der Waals surface area contributed by atoms with Crippen LogP contribution in [0, 0.1) is 0 Å². The normalized spacial score (nSPS) is 17.9. The van der Waals surface area contributed by atoms with Crippen LogP contribution in [-0.2, 0) is 18.3 Å². The first kappa shape index (κ1) is 18.5. The van der Waals surface area contributed by atoms with Gasteiger partial charge in [-0.1, -0.05) is 40.2 Å². The maximum Gasteiger partial charge on any atom is 0.262 e. The molecule has 1 saturated heterocycles. The second-order valence-corrected chi connectivity index (χ2v) is 8.19. The molecule has 1 aliphatic heterocycles. The Morgan fingerprint density at radius 2 is 1.93 bits per heavy atom. The van der Waals surface area contributed by atoms with E-state index in [9.17, 15) is 4.79 Å². The predicted octanol–water partition coefficient (Wildman–Crippen LogP) is 2.92. The smallest absolute Gasteiger partial charge is 0.262 e. The lowest BCUT2D eigenvalue weighted by Gasteiger charge is -2.32. The van der Waals surface area contributed by atoms with Crippen molar-refractivity contribution in [3.8, 4) is 0 Å². The molecule has 1 fully saturated rings. The molecule has 0 saturated carbocycles. The van der Waals surface area contributed by atoms with E-state index < -0.39 is 0 Å². The largest absolute Gasteiger partial charge is 0.371 e. The van der Waals surface area contributed by atoms with Crippen LogP contribution in [0.2, 0.25) is 0 Å². The molecule has 0 amide bonds. The van der Waals surface area contributed by atoms with Gasteiger partial charge in [-0.25, -0.2) is 0 Å². The van der Waals surface area contributed by atoms with Crippen molar-refractivity contribution in [1.29, 1.82) is 0 Å². The minimum absolute atomic E-state index is 0.0251. The zero-order chi connectivity index (χ0) is 20.0. The molecule has 1 atom stereocenters. The number of para-hydroxylation sites is 1. The maximum atomic E-state index is 12.6. The van der Waals surface area contributed by atoms with Gasteiger partial charge in [-0.3, -0.25) is 18.7 Å². The number of morpholine rings is 1. The van der Waals surface area contributed by atoms with Crippen molar-refractivity contribution in [2.45, 2.75) is 12.6 Å². The summed E-state index contributed by atoms with van der Waals surface area (Å²) in [6.45, 7) is 2.91. The summed E-state index contributed by atoms with van der Waals surface area (Å²) in [6, 6.07) is 15.9. The van der Waals surface area contributed by atoms with E-state index in [2.05, 4.69) is 43.2 Å². The van der Waals surface area contributed by atoms with E-state index in [1.165, 1.54) is 0 Å². The van der Waals surface area contributed by atoms with E-state index in [1.54, 1.807) is 11.6 Å². The lowest BCUT2D eigenvalue weighted by molar-refractivity contribution is -0.0337. The molecule has 0 radical (unpaired) electrons. The number of hydrogen-bond acceptors (Lipinski definition) is 5. The summed E-state index contributed by atoms with van der Waals surface area (Å²) < 4.78 is 10.6. The SMILES string of the molecule is Cn1c(=O)c2ccccc2n2c(CN3CCOC(c4ccc(Br)cc4)C3)nnc12. The zero-order valence-corrected chi connectivity index (χ0v) is 17.5. The highest BCUT2D eigenvalue weighted by molar-refractivity contribution is 9.10. The summed E-state index contributed by atoms with van der Waals surface area (Å²) in [4.78, 5) is 14.9. The number of aryl methyl sites for hydroxylation is 1. The van der Waals surface area contributed by atoms with Crippen molar-refractivity contribution in [1.82, 2.24) is 24.1 Å². The van der Waals surface area contributed by atoms with E-state index in [0.29, 0.717) is 24.3 Å². The number of benzene rings is 2. The van der Waals surface area contributed by atoms with E-state index in [-0.39, 0.29) is 11.7 Å². The van der Waals surface area contributed by atoms with Crippen LogP contribution < -0.4 is 5.56 Å². The summed E-state index contributed by atoms with van der Waals surface area (Å²) in [5.41, 5.74) is 1.94. The van der Waals surface area contributed by atoms with Gasteiger partial charge < -0.3 is 4.74 Å². The third kappa shape index (κ3) is 3.27. The molecule has 2 aromatic carbocycles. The molecule has 29 heavy (non-hydrogen) atoms. The number of halogens is 1. The van der Waals surface area contributed by atoms with Crippen LogP contribution in [0.15, 0.2) is 57.8 Å². The fraction of sp³-hybridized carbons (Fsp3) is 0.286. The molecule has 3 heterocycles. The lowest BCUT2D eigenvalue weighted by Crippen LogP contribution is -2.38. The molecule has 1 unspecified atom stereocenters.